The topological polar surface area (TPSA) is 69.9 Å². The molecule has 0 spiro atoms. The van der Waals surface area contributed by atoms with E-state index in [1.807, 2.05) is 48.5 Å². The van der Waals surface area contributed by atoms with Gasteiger partial charge in [0.2, 0.25) is 5.82 Å². The van der Waals surface area contributed by atoms with E-state index in [9.17, 15) is 4.79 Å². The molecule has 6 nitrogen and oxygen atoms in total. The average molecular weight is 350 g/mol. The highest BCUT2D eigenvalue weighted by Crippen LogP contribution is 2.20. The van der Waals surface area contributed by atoms with Gasteiger partial charge in [-0.25, -0.2) is 0 Å². The first-order chi connectivity index (χ1) is 12.6. The van der Waals surface area contributed by atoms with Gasteiger partial charge >= 0.3 is 0 Å². The predicted octanol–water partition coefficient (Wildman–Crippen LogP) is 3.75. The molecule has 3 rings (SSSR count). The largest absolute Gasteiger partial charge is 0.497 e. The number of tetrazole rings is 1. The van der Waals surface area contributed by atoms with Gasteiger partial charge in [0.1, 0.15) is 12.3 Å². The van der Waals surface area contributed by atoms with Gasteiger partial charge in [-0.1, -0.05) is 50.2 Å². The fourth-order valence-electron chi connectivity index (χ4n) is 2.64. The standard InChI is InChI=1S/C20H22N4O2/c1-4-14(2)15-8-10-16(11-9-15)19(25)13-24-22-20(21-23-24)17-6-5-7-18(12-17)26-3/h5-12,14H,4,13H2,1-3H3/t14-/m1/s1. The van der Waals surface area contributed by atoms with Crippen LogP contribution in [-0.2, 0) is 6.54 Å². The third-order valence-corrected chi connectivity index (χ3v) is 4.48. The molecule has 0 fully saturated rings. The fraction of sp³-hybridized carbons (Fsp3) is 0.300. The van der Waals surface area contributed by atoms with Crippen molar-refractivity contribution < 1.29 is 9.53 Å². The molecule has 0 saturated heterocycles. The Morgan fingerprint density at radius 3 is 2.65 bits per heavy atom. The number of carbonyl (C=O) groups is 1. The Bertz CT molecular complexity index is 887. The van der Waals surface area contributed by atoms with E-state index >= 15 is 0 Å². The lowest BCUT2D eigenvalue weighted by Gasteiger charge is -2.09. The molecule has 0 bridgehead atoms. The number of hydrogen-bond acceptors (Lipinski definition) is 5. The zero-order valence-corrected chi connectivity index (χ0v) is 15.2. The van der Waals surface area contributed by atoms with Crippen LogP contribution in [0, 0.1) is 0 Å². The van der Waals surface area contributed by atoms with Crippen LogP contribution in [0.4, 0.5) is 0 Å². The number of benzene rings is 2. The number of rotatable bonds is 7. The van der Waals surface area contributed by atoms with Crippen molar-refractivity contribution in [1.82, 2.24) is 20.2 Å². The van der Waals surface area contributed by atoms with Crippen LogP contribution < -0.4 is 4.74 Å². The molecule has 0 amide bonds. The van der Waals surface area contributed by atoms with E-state index in [-0.39, 0.29) is 12.3 Å². The molecule has 1 atom stereocenters. The Balaban J connectivity index is 1.71. The summed E-state index contributed by atoms with van der Waals surface area (Å²) >= 11 is 0. The maximum Gasteiger partial charge on any atom is 0.205 e. The van der Waals surface area contributed by atoms with E-state index in [2.05, 4.69) is 29.3 Å². The van der Waals surface area contributed by atoms with Gasteiger partial charge in [-0.2, -0.15) is 4.80 Å². The molecule has 0 radical (unpaired) electrons. The second-order valence-electron chi connectivity index (χ2n) is 6.23. The molecule has 1 aromatic heterocycles. The van der Waals surface area contributed by atoms with E-state index in [4.69, 9.17) is 4.74 Å². The van der Waals surface area contributed by atoms with Crippen molar-refractivity contribution in [2.45, 2.75) is 32.7 Å². The van der Waals surface area contributed by atoms with Crippen molar-refractivity contribution in [1.29, 1.82) is 0 Å². The summed E-state index contributed by atoms with van der Waals surface area (Å²) in [5, 5.41) is 12.3. The van der Waals surface area contributed by atoms with Crippen LogP contribution in [0.15, 0.2) is 48.5 Å². The summed E-state index contributed by atoms with van der Waals surface area (Å²) in [5.41, 5.74) is 2.68. The van der Waals surface area contributed by atoms with Gasteiger partial charge in [-0.3, -0.25) is 4.79 Å². The van der Waals surface area contributed by atoms with Crippen LogP contribution in [0.5, 0.6) is 5.75 Å². The van der Waals surface area contributed by atoms with E-state index in [0.29, 0.717) is 17.3 Å². The molecule has 26 heavy (non-hydrogen) atoms. The van der Waals surface area contributed by atoms with Gasteiger partial charge in [0.15, 0.2) is 5.78 Å². The van der Waals surface area contributed by atoms with Crippen LogP contribution >= 0.6 is 0 Å². The van der Waals surface area contributed by atoms with Gasteiger partial charge in [0.25, 0.3) is 0 Å². The van der Waals surface area contributed by atoms with Crippen LogP contribution in [0.1, 0.15) is 42.1 Å². The summed E-state index contributed by atoms with van der Waals surface area (Å²) in [4.78, 5) is 13.8. The molecular formula is C20H22N4O2. The summed E-state index contributed by atoms with van der Waals surface area (Å²) < 4.78 is 5.20. The second kappa shape index (κ2) is 7.91. The van der Waals surface area contributed by atoms with Gasteiger partial charge < -0.3 is 4.74 Å². The van der Waals surface area contributed by atoms with Crippen molar-refractivity contribution >= 4 is 5.78 Å². The highest BCUT2D eigenvalue weighted by Gasteiger charge is 2.12. The maximum absolute atomic E-state index is 12.5. The Kier molecular flexibility index (Phi) is 5.41. The van der Waals surface area contributed by atoms with Crippen molar-refractivity contribution in [2.75, 3.05) is 7.11 Å². The zero-order valence-electron chi connectivity index (χ0n) is 15.2. The Labute approximate surface area is 152 Å². The molecule has 2 aromatic carbocycles. The van der Waals surface area contributed by atoms with Gasteiger partial charge in [0, 0.05) is 11.1 Å². The van der Waals surface area contributed by atoms with Crippen LogP contribution in [0.25, 0.3) is 11.4 Å². The number of hydrogen-bond donors (Lipinski definition) is 0. The van der Waals surface area contributed by atoms with Gasteiger partial charge in [-0.15, -0.1) is 10.2 Å². The Hall–Kier alpha value is -3.02. The fourth-order valence-corrected chi connectivity index (χ4v) is 2.64. The maximum atomic E-state index is 12.5. The molecule has 0 saturated carbocycles. The lowest BCUT2D eigenvalue weighted by Crippen LogP contribution is -2.13. The minimum atomic E-state index is -0.0460. The number of Topliss-reactive ketones (excluding diaryl/α,β-unsaturated/α-hetero) is 1. The number of carbonyl (C=O) groups excluding carboxylic acids is 1. The van der Waals surface area contributed by atoms with E-state index in [0.717, 1.165) is 17.7 Å². The molecule has 0 unspecified atom stereocenters. The number of methoxy groups -OCH3 is 1. The highest BCUT2D eigenvalue weighted by atomic mass is 16.5. The number of aromatic nitrogens is 4. The van der Waals surface area contributed by atoms with Crippen LogP contribution in [0.2, 0.25) is 0 Å². The minimum absolute atomic E-state index is 0.0460. The summed E-state index contributed by atoms with van der Waals surface area (Å²) in [5.74, 6) is 1.62. The molecule has 0 aliphatic carbocycles. The summed E-state index contributed by atoms with van der Waals surface area (Å²) in [6.07, 6.45) is 1.07. The van der Waals surface area contributed by atoms with Crippen LogP contribution in [0.3, 0.4) is 0 Å². The monoisotopic (exact) mass is 350 g/mol. The van der Waals surface area contributed by atoms with E-state index < -0.39 is 0 Å². The second-order valence-corrected chi connectivity index (χ2v) is 6.23. The normalized spacial score (nSPS) is 12.0. The SMILES string of the molecule is CC[C@@H](C)c1ccc(C(=O)Cn2nnc(-c3cccc(OC)c3)n2)cc1. The molecule has 134 valence electrons. The molecular weight excluding hydrogens is 328 g/mol. The zero-order chi connectivity index (χ0) is 18.5. The van der Waals surface area contributed by atoms with Crippen molar-refractivity contribution in [3.8, 4) is 17.1 Å². The smallest absolute Gasteiger partial charge is 0.205 e. The third kappa shape index (κ3) is 3.96. The van der Waals surface area contributed by atoms with Crippen molar-refractivity contribution in [3.05, 3.63) is 59.7 Å². The Morgan fingerprint density at radius 1 is 1.19 bits per heavy atom. The van der Waals surface area contributed by atoms with E-state index in [1.165, 1.54) is 10.4 Å². The molecule has 0 N–H and O–H groups in total. The summed E-state index contributed by atoms with van der Waals surface area (Å²) in [7, 11) is 1.61. The number of ether oxygens (including phenoxy) is 1. The number of nitrogens with zero attached hydrogens (tertiary/aromatic N) is 4. The minimum Gasteiger partial charge on any atom is -0.497 e. The average Bonchev–Trinajstić information content (AvgIpc) is 3.16. The lowest BCUT2D eigenvalue weighted by atomic mass is 9.97. The molecule has 1 heterocycles. The van der Waals surface area contributed by atoms with E-state index in [1.54, 1.807) is 7.11 Å². The van der Waals surface area contributed by atoms with Gasteiger partial charge in [0.05, 0.1) is 7.11 Å². The first-order valence-corrected chi connectivity index (χ1v) is 8.66. The van der Waals surface area contributed by atoms with Crippen molar-refractivity contribution in [3.63, 3.8) is 0 Å². The first-order valence-electron chi connectivity index (χ1n) is 8.66. The summed E-state index contributed by atoms with van der Waals surface area (Å²) in [6, 6.07) is 15.2. The molecule has 3 aromatic rings. The first kappa shape index (κ1) is 17.8. The quantitative estimate of drug-likeness (QED) is 0.607. The van der Waals surface area contributed by atoms with Crippen molar-refractivity contribution in [2.24, 2.45) is 0 Å². The molecule has 6 heteroatoms. The predicted molar refractivity (Wildman–Crippen MR) is 99.3 cm³/mol. The third-order valence-electron chi connectivity index (χ3n) is 4.48. The highest BCUT2D eigenvalue weighted by molar-refractivity contribution is 5.95. The lowest BCUT2D eigenvalue weighted by molar-refractivity contribution is 0.0961. The number of ketones is 1. The van der Waals surface area contributed by atoms with Gasteiger partial charge in [-0.05, 0) is 35.2 Å². The Morgan fingerprint density at radius 2 is 1.96 bits per heavy atom. The summed E-state index contributed by atoms with van der Waals surface area (Å²) in [6.45, 7) is 4.38. The molecule has 0 aliphatic heterocycles. The van der Waals surface area contributed by atoms with Crippen LogP contribution in [-0.4, -0.2) is 33.1 Å². The molecule has 0 aliphatic rings.